The first kappa shape index (κ1) is 13.4. The molecule has 0 fully saturated rings. The van der Waals surface area contributed by atoms with Gasteiger partial charge in [-0.25, -0.2) is 0 Å². The fraction of sp³-hybridized carbons (Fsp3) is 0.417. The van der Waals surface area contributed by atoms with E-state index < -0.39 is 0 Å². The van der Waals surface area contributed by atoms with Gasteiger partial charge in [0.1, 0.15) is 0 Å². The van der Waals surface area contributed by atoms with Crippen molar-refractivity contribution in [2.24, 2.45) is 0 Å². The Morgan fingerprint density at radius 2 is 2.06 bits per heavy atom. The van der Waals surface area contributed by atoms with E-state index in [9.17, 15) is 4.79 Å². The molecule has 0 atom stereocenters. The quantitative estimate of drug-likeness (QED) is 0.661. The molecule has 1 aromatic carbocycles. The van der Waals surface area contributed by atoms with Gasteiger partial charge in [-0.1, -0.05) is 12.1 Å². The Hall–Kier alpha value is -0.620. The van der Waals surface area contributed by atoms with Crippen LogP contribution >= 0.6 is 22.6 Å². The molecule has 3 nitrogen and oxygen atoms in total. The molecule has 0 aliphatic carbocycles. The number of carbonyl (C=O) groups excluding carboxylic acids is 1. The minimum Gasteiger partial charge on any atom is -0.352 e. The van der Waals surface area contributed by atoms with Gasteiger partial charge >= 0.3 is 0 Å². The second-order valence-electron chi connectivity index (χ2n) is 3.89. The van der Waals surface area contributed by atoms with Gasteiger partial charge in [-0.15, -0.1) is 0 Å². The molecule has 1 amide bonds. The van der Waals surface area contributed by atoms with Crippen molar-refractivity contribution in [1.82, 2.24) is 10.2 Å². The summed E-state index contributed by atoms with van der Waals surface area (Å²) in [5, 5.41) is 2.92. The first-order valence-corrected chi connectivity index (χ1v) is 6.36. The Kier molecular flexibility index (Phi) is 5.76. The van der Waals surface area contributed by atoms with Crippen LogP contribution in [0.5, 0.6) is 0 Å². The molecule has 0 aliphatic heterocycles. The zero-order valence-electron chi connectivity index (χ0n) is 9.66. The molecule has 0 aliphatic rings. The molecular formula is C12H17IN2O. The number of rotatable bonds is 5. The fourth-order valence-electron chi connectivity index (χ4n) is 1.34. The van der Waals surface area contributed by atoms with Crippen molar-refractivity contribution in [3.05, 3.63) is 33.4 Å². The average molecular weight is 332 g/mol. The Balaban J connectivity index is 2.39. The number of hydrogen-bond donors (Lipinski definition) is 1. The van der Waals surface area contributed by atoms with Gasteiger partial charge in [0.15, 0.2) is 0 Å². The Morgan fingerprint density at radius 3 is 2.69 bits per heavy atom. The molecule has 16 heavy (non-hydrogen) atoms. The summed E-state index contributed by atoms with van der Waals surface area (Å²) < 4.78 is 0.991. The van der Waals surface area contributed by atoms with Crippen molar-refractivity contribution in [3.8, 4) is 0 Å². The molecule has 0 heterocycles. The van der Waals surface area contributed by atoms with Crippen LogP contribution in [0.2, 0.25) is 0 Å². The first-order chi connectivity index (χ1) is 7.61. The van der Waals surface area contributed by atoms with Crippen LogP contribution in [0.25, 0.3) is 0 Å². The van der Waals surface area contributed by atoms with E-state index in [2.05, 4.69) is 32.8 Å². The van der Waals surface area contributed by atoms with Crippen molar-refractivity contribution < 1.29 is 4.79 Å². The van der Waals surface area contributed by atoms with Crippen molar-refractivity contribution >= 4 is 28.5 Å². The topological polar surface area (TPSA) is 32.3 Å². The summed E-state index contributed by atoms with van der Waals surface area (Å²) in [6, 6.07) is 7.61. The predicted molar refractivity (Wildman–Crippen MR) is 74.7 cm³/mol. The standard InChI is InChI=1S/C12H17IN2O/c1-15(2)9-5-8-14-12(16)10-6-3-4-7-11(10)13/h3-4,6-7H,5,8-9H2,1-2H3,(H,14,16). The lowest BCUT2D eigenvalue weighted by Gasteiger charge is -2.10. The average Bonchev–Trinajstić information content (AvgIpc) is 2.24. The van der Waals surface area contributed by atoms with Gasteiger partial charge in [0, 0.05) is 10.1 Å². The first-order valence-electron chi connectivity index (χ1n) is 5.28. The molecule has 4 heteroatoms. The highest BCUT2D eigenvalue weighted by atomic mass is 127. The second-order valence-corrected chi connectivity index (χ2v) is 5.05. The van der Waals surface area contributed by atoms with Gasteiger partial charge < -0.3 is 10.2 Å². The maximum atomic E-state index is 11.8. The third kappa shape index (κ3) is 4.49. The van der Waals surface area contributed by atoms with Crippen LogP contribution in [0.4, 0.5) is 0 Å². The summed E-state index contributed by atoms with van der Waals surface area (Å²) in [7, 11) is 4.06. The molecule has 0 spiro atoms. The number of hydrogen-bond acceptors (Lipinski definition) is 2. The van der Waals surface area contributed by atoms with E-state index in [1.165, 1.54) is 0 Å². The number of halogens is 1. The normalized spacial score (nSPS) is 10.5. The van der Waals surface area contributed by atoms with Gasteiger partial charge in [-0.2, -0.15) is 0 Å². The lowest BCUT2D eigenvalue weighted by Crippen LogP contribution is -2.27. The monoisotopic (exact) mass is 332 g/mol. The Bertz CT molecular complexity index is 353. The summed E-state index contributed by atoms with van der Waals surface area (Å²) >= 11 is 2.18. The molecule has 1 rings (SSSR count). The molecule has 0 unspecified atom stereocenters. The number of nitrogens with one attached hydrogen (secondary N) is 1. The molecule has 0 aromatic heterocycles. The largest absolute Gasteiger partial charge is 0.352 e. The summed E-state index contributed by atoms with van der Waals surface area (Å²) in [4.78, 5) is 13.9. The van der Waals surface area contributed by atoms with E-state index >= 15 is 0 Å². The molecule has 88 valence electrons. The van der Waals surface area contributed by atoms with Crippen LogP contribution < -0.4 is 5.32 Å². The summed E-state index contributed by atoms with van der Waals surface area (Å²) in [5.74, 6) is 0.0174. The minimum absolute atomic E-state index is 0.0174. The van der Waals surface area contributed by atoms with E-state index in [0.29, 0.717) is 0 Å². The van der Waals surface area contributed by atoms with Crippen LogP contribution in [0, 0.1) is 3.57 Å². The van der Waals surface area contributed by atoms with Crippen molar-refractivity contribution in [2.75, 3.05) is 27.2 Å². The van der Waals surface area contributed by atoms with Gasteiger partial charge in [-0.05, 0) is 61.8 Å². The third-order valence-corrected chi connectivity index (χ3v) is 3.13. The second kappa shape index (κ2) is 6.85. The van der Waals surface area contributed by atoms with Gasteiger partial charge in [0.25, 0.3) is 5.91 Å². The molecule has 1 N–H and O–H groups in total. The molecule has 0 saturated carbocycles. The summed E-state index contributed by atoms with van der Waals surface area (Å²) in [6.45, 7) is 1.72. The van der Waals surface area contributed by atoms with E-state index in [4.69, 9.17) is 0 Å². The zero-order valence-corrected chi connectivity index (χ0v) is 11.8. The maximum absolute atomic E-state index is 11.8. The summed E-state index contributed by atoms with van der Waals surface area (Å²) in [6.07, 6.45) is 0.974. The molecular weight excluding hydrogens is 315 g/mol. The van der Waals surface area contributed by atoms with Crippen molar-refractivity contribution in [2.45, 2.75) is 6.42 Å². The van der Waals surface area contributed by atoms with E-state index in [0.717, 1.165) is 28.6 Å². The summed E-state index contributed by atoms with van der Waals surface area (Å²) in [5.41, 5.74) is 0.757. The van der Waals surface area contributed by atoms with Gasteiger partial charge in [0.05, 0.1) is 5.56 Å². The van der Waals surface area contributed by atoms with Gasteiger partial charge in [0.2, 0.25) is 0 Å². The molecule has 0 bridgehead atoms. The highest BCUT2D eigenvalue weighted by Gasteiger charge is 2.07. The number of carbonyl (C=O) groups is 1. The maximum Gasteiger partial charge on any atom is 0.252 e. The van der Waals surface area contributed by atoms with Gasteiger partial charge in [-0.3, -0.25) is 4.79 Å². The Morgan fingerprint density at radius 1 is 1.38 bits per heavy atom. The lowest BCUT2D eigenvalue weighted by molar-refractivity contribution is 0.0951. The van der Waals surface area contributed by atoms with Crippen LogP contribution in [0.15, 0.2) is 24.3 Å². The smallest absolute Gasteiger partial charge is 0.252 e. The number of amides is 1. The van der Waals surface area contributed by atoms with Crippen molar-refractivity contribution in [3.63, 3.8) is 0 Å². The SMILES string of the molecule is CN(C)CCCNC(=O)c1ccccc1I. The van der Waals surface area contributed by atoms with Crippen LogP contribution in [-0.4, -0.2) is 38.0 Å². The van der Waals surface area contributed by atoms with Crippen LogP contribution in [0.1, 0.15) is 16.8 Å². The molecule has 0 saturated heterocycles. The lowest BCUT2D eigenvalue weighted by atomic mass is 10.2. The molecule has 1 aromatic rings. The number of nitrogens with zero attached hydrogens (tertiary/aromatic N) is 1. The zero-order chi connectivity index (χ0) is 12.0. The Labute approximate surface area is 110 Å². The third-order valence-electron chi connectivity index (χ3n) is 2.19. The highest BCUT2D eigenvalue weighted by molar-refractivity contribution is 14.1. The number of benzene rings is 1. The highest BCUT2D eigenvalue weighted by Crippen LogP contribution is 2.10. The van der Waals surface area contributed by atoms with E-state index in [-0.39, 0.29) is 5.91 Å². The fourth-order valence-corrected chi connectivity index (χ4v) is 1.97. The predicted octanol–water partition coefficient (Wildman–Crippen LogP) is 1.97. The minimum atomic E-state index is 0.0174. The molecule has 0 radical (unpaired) electrons. The van der Waals surface area contributed by atoms with Crippen LogP contribution in [-0.2, 0) is 0 Å². The van der Waals surface area contributed by atoms with Crippen molar-refractivity contribution in [1.29, 1.82) is 0 Å². The van der Waals surface area contributed by atoms with E-state index in [1.807, 2.05) is 38.4 Å². The van der Waals surface area contributed by atoms with Crippen LogP contribution in [0.3, 0.4) is 0 Å². The van der Waals surface area contributed by atoms with E-state index in [1.54, 1.807) is 0 Å².